The van der Waals surface area contributed by atoms with E-state index in [9.17, 15) is 52.8 Å². The van der Waals surface area contributed by atoms with Gasteiger partial charge >= 0.3 is 0 Å². The second-order valence-corrected chi connectivity index (χ2v) is 31.2. The van der Waals surface area contributed by atoms with Gasteiger partial charge < -0.3 is 16.0 Å². The molecule has 0 bridgehead atoms. The first kappa shape index (κ1) is 68.9. The van der Waals surface area contributed by atoms with Crippen LogP contribution in [-0.4, -0.2) is 125 Å². The number of hydrogen-bond donors (Lipinski definition) is 6. The highest BCUT2D eigenvalue weighted by molar-refractivity contribution is 7.87. The number of aryl methyl sites for hydroxylation is 3. The molecule has 492 valence electrons. The highest BCUT2D eigenvalue weighted by Gasteiger charge is 2.44. The molecular formula is C57H57Cl3F3N15O9S6. The Morgan fingerprint density at radius 2 is 0.688 bits per heavy atom. The maximum absolute atomic E-state index is 13.4. The van der Waals surface area contributed by atoms with E-state index in [4.69, 9.17) is 34.8 Å². The molecular weight excluding hydrogens is 1390 g/mol. The Bertz CT molecular complexity index is 4190. The third-order valence-electron chi connectivity index (χ3n) is 15.3. The number of benzene rings is 3. The molecule has 12 rings (SSSR count). The molecule has 0 saturated carbocycles. The molecule has 3 saturated heterocycles. The van der Waals surface area contributed by atoms with Crippen LogP contribution in [0.3, 0.4) is 0 Å². The topological polar surface area (TPSA) is 289 Å². The SMILES string of the molecule is CN1C(C(=O)Nc2ccc(F)c(Cl)c2)CC(c2ccc(-c3ccnn3C)s2)NS1(=O)=O.CN1[C@@H](C(=O)Nc2ccc(F)c(Cl)c2)C[C@@H](c2ccc(-c3ccnn3C)s2)NS1(=O)=O.CN1[C@H](C(=O)Nc2ccc(F)c(Cl)c2)C[C@H](c2ccc(-c3ccnn3C)s2)NS1(=O)=O. The lowest BCUT2D eigenvalue weighted by Gasteiger charge is -2.35. The first-order valence-corrected chi connectivity index (χ1v) is 35.6. The van der Waals surface area contributed by atoms with Gasteiger partial charge in [0.05, 0.1) is 64.9 Å². The highest BCUT2D eigenvalue weighted by Crippen LogP contribution is 2.40. The molecule has 3 fully saturated rings. The summed E-state index contributed by atoms with van der Waals surface area (Å²) in [7, 11) is -2.15. The Balaban J connectivity index is 0.000000153. The molecule has 0 radical (unpaired) electrons. The number of aromatic nitrogens is 6. The van der Waals surface area contributed by atoms with E-state index in [1.807, 2.05) is 75.7 Å². The average molecular weight is 1450 g/mol. The predicted octanol–water partition coefficient (Wildman–Crippen LogP) is 9.48. The molecule has 3 aliphatic rings. The highest BCUT2D eigenvalue weighted by atomic mass is 35.5. The van der Waals surface area contributed by atoms with Crippen LogP contribution < -0.4 is 30.1 Å². The van der Waals surface area contributed by atoms with Crippen molar-refractivity contribution in [2.24, 2.45) is 21.1 Å². The summed E-state index contributed by atoms with van der Waals surface area (Å²) < 4.78 is 132. The fourth-order valence-electron chi connectivity index (χ4n) is 10.2. The molecule has 6 aromatic heterocycles. The normalized spacial score (nSPS) is 21.2. The maximum Gasteiger partial charge on any atom is 0.280 e. The molecule has 9 aromatic rings. The molecule has 6 N–H and O–H groups in total. The summed E-state index contributed by atoms with van der Waals surface area (Å²) in [6, 6.07) is 23.6. The standard InChI is InChI=1S/3C19H19ClFN5O3S2/c3*1-25-15(7-8-22-25)18-6-5-17(30-18)14-10-16(26(2)31(28,29)24-14)19(27)23-11-3-4-13(21)12(20)9-11/h3*3-9,14,16,24H,10H2,1-2H3,(H,23,27)/t2*14-,16+;/m10./s1. The molecule has 0 spiro atoms. The van der Waals surface area contributed by atoms with Crippen molar-refractivity contribution < 1.29 is 52.8 Å². The van der Waals surface area contributed by atoms with Crippen LogP contribution in [0.25, 0.3) is 31.7 Å². The minimum Gasteiger partial charge on any atom is -0.325 e. The molecule has 3 aromatic carbocycles. The van der Waals surface area contributed by atoms with E-state index in [1.165, 1.54) is 91.6 Å². The summed E-state index contributed by atoms with van der Waals surface area (Å²) in [5.41, 5.74) is 3.59. The molecule has 9 heterocycles. The van der Waals surface area contributed by atoms with Crippen molar-refractivity contribution in [1.82, 2.24) is 56.4 Å². The van der Waals surface area contributed by atoms with E-state index in [0.717, 1.165) is 77.5 Å². The van der Waals surface area contributed by atoms with Gasteiger partial charge in [-0.05, 0) is 128 Å². The molecule has 0 aliphatic carbocycles. The Morgan fingerprint density at radius 3 is 0.914 bits per heavy atom. The van der Waals surface area contributed by atoms with E-state index in [0.29, 0.717) is 0 Å². The van der Waals surface area contributed by atoms with Crippen molar-refractivity contribution in [2.45, 2.75) is 55.5 Å². The first-order chi connectivity index (χ1) is 44.0. The lowest BCUT2D eigenvalue weighted by molar-refractivity contribution is -0.120. The van der Waals surface area contributed by atoms with Crippen LogP contribution in [0.2, 0.25) is 15.1 Å². The van der Waals surface area contributed by atoms with Gasteiger partial charge in [-0.2, -0.15) is 67.6 Å². The fourth-order valence-corrected chi connectivity index (χ4v) is 18.1. The molecule has 3 amide bonds. The molecule has 36 heteroatoms. The molecule has 24 nitrogen and oxygen atoms in total. The molecule has 6 atom stereocenters. The van der Waals surface area contributed by atoms with Gasteiger partial charge in [0, 0.05) is 92.6 Å². The van der Waals surface area contributed by atoms with Gasteiger partial charge in [0.2, 0.25) is 17.7 Å². The summed E-state index contributed by atoms with van der Waals surface area (Å²) in [5.74, 6) is -3.40. The summed E-state index contributed by atoms with van der Waals surface area (Å²) in [6.07, 6.45) is 5.74. The number of rotatable bonds is 12. The average Bonchev–Trinajstić information content (AvgIpc) is 1.72. The number of anilines is 3. The zero-order valence-corrected chi connectivity index (χ0v) is 56.8. The summed E-state index contributed by atoms with van der Waals surface area (Å²) in [6.45, 7) is 0. The van der Waals surface area contributed by atoms with Crippen LogP contribution in [-0.2, 0) is 66.2 Å². The van der Waals surface area contributed by atoms with Crippen LogP contribution in [0.4, 0.5) is 30.2 Å². The van der Waals surface area contributed by atoms with Gasteiger partial charge in [0.1, 0.15) is 35.6 Å². The summed E-state index contributed by atoms with van der Waals surface area (Å²) >= 11 is 21.6. The Labute approximate surface area is 559 Å². The van der Waals surface area contributed by atoms with Gasteiger partial charge in [0.25, 0.3) is 30.6 Å². The van der Waals surface area contributed by atoms with Crippen molar-refractivity contribution in [2.75, 3.05) is 37.1 Å². The number of carbonyl (C=O) groups is 3. The first-order valence-electron chi connectivity index (χ1n) is 27.7. The van der Waals surface area contributed by atoms with Crippen LogP contribution in [0.5, 0.6) is 0 Å². The van der Waals surface area contributed by atoms with Gasteiger partial charge in [-0.3, -0.25) is 28.4 Å². The molecule has 93 heavy (non-hydrogen) atoms. The zero-order valence-electron chi connectivity index (χ0n) is 49.6. The number of nitrogens with zero attached hydrogens (tertiary/aromatic N) is 9. The van der Waals surface area contributed by atoms with E-state index in [1.54, 1.807) is 32.6 Å². The van der Waals surface area contributed by atoms with E-state index < -0.39 is 102 Å². The third kappa shape index (κ3) is 15.6. The van der Waals surface area contributed by atoms with Crippen molar-refractivity contribution >= 4 is 134 Å². The van der Waals surface area contributed by atoms with Crippen LogP contribution in [0.15, 0.2) is 128 Å². The van der Waals surface area contributed by atoms with E-state index in [2.05, 4.69) is 45.4 Å². The Kier molecular flexibility index (Phi) is 20.9. The second kappa shape index (κ2) is 28.2. The fraction of sp³-hybridized carbons (Fsp3) is 0.263. The van der Waals surface area contributed by atoms with Crippen LogP contribution in [0.1, 0.15) is 52.0 Å². The summed E-state index contributed by atoms with van der Waals surface area (Å²) in [4.78, 5) is 43.8. The third-order valence-corrected chi connectivity index (χ3v) is 24.6. The molecule has 2 unspecified atom stereocenters. The van der Waals surface area contributed by atoms with Crippen LogP contribution >= 0.6 is 68.8 Å². The zero-order chi connectivity index (χ0) is 67.0. The van der Waals surface area contributed by atoms with Crippen molar-refractivity contribution in [3.63, 3.8) is 0 Å². The van der Waals surface area contributed by atoms with Gasteiger partial charge in [-0.25, -0.2) is 13.2 Å². The predicted molar refractivity (Wildman–Crippen MR) is 353 cm³/mol. The maximum atomic E-state index is 13.4. The van der Waals surface area contributed by atoms with Gasteiger partial charge in [-0.1, -0.05) is 34.8 Å². The number of likely N-dealkylation sites (N-methyl/N-ethyl adjacent to an activating group) is 3. The number of hydrogen-bond acceptors (Lipinski definition) is 15. The van der Waals surface area contributed by atoms with Crippen molar-refractivity contribution in [1.29, 1.82) is 0 Å². The second-order valence-electron chi connectivity index (χ2n) is 21.3. The quantitative estimate of drug-likeness (QED) is 0.0667. The number of nitrogens with one attached hydrogen (secondary N) is 6. The number of amides is 3. The minimum atomic E-state index is -3.89. The van der Waals surface area contributed by atoms with Crippen molar-refractivity contribution in [3.05, 3.63) is 175 Å². The smallest absolute Gasteiger partial charge is 0.280 e. The lowest BCUT2D eigenvalue weighted by Crippen LogP contribution is -2.55. The number of carbonyl (C=O) groups excluding carboxylic acids is 3. The largest absolute Gasteiger partial charge is 0.325 e. The van der Waals surface area contributed by atoms with Gasteiger partial charge in [0.15, 0.2) is 0 Å². The van der Waals surface area contributed by atoms with E-state index >= 15 is 0 Å². The monoisotopic (exact) mass is 1450 g/mol. The minimum absolute atomic E-state index is 0.136. The molecule has 3 aliphatic heterocycles. The Hall–Kier alpha value is -6.93. The lowest BCUT2D eigenvalue weighted by atomic mass is 10.1. The Morgan fingerprint density at radius 1 is 0.430 bits per heavy atom. The van der Waals surface area contributed by atoms with Crippen LogP contribution in [0, 0.1) is 17.5 Å². The number of thiophene rings is 3. The van der Waals surface area contributed by atoms with Gasteiger partial charge in [-0.15, -0.1) is 34.0 Å². The van der Waals surface area contributed by atoms with Crippen molar-refractivity contribution in [3.8, 4) is 31.7 Å². The summed E-state index contributed by atoms with van der Waals surface area (Å²) in [5, 5.41) is 19.9. The van der Waals surface area contributed by atoms with E-state index in [-0.39, 0.29) is 51.4 Å². The number of halogens is 6.